The second-order valence-electron chi connectivity index (χ2n) is 6.08. The lowest BCUT2D eigenvalue weighted by Crippen LogP contribution is -2.34. The molecule has 6 nitrogen and oxygen atoms in total. The van der Waals surface area contributed by atoms with E-state index in [0.717, 1.165) is 38.4 Å². The number of imidazole rings is 1. The number of rotatable bonds is 4. The van der Waals surface area contributed by atoms with Crippen LogP contribution in [0.3, 0.4) is 0 Å². The molecular weight excluding hydrogens is 300 g/mol. The summed E-state index contributed by atoms with van der Waals surface area (Å²) < 4.78 is 2.26. The normalized spacial score (nSPS) is 15.6. The van der Waals surface area contributed by atoms with Crippen molar-refractivity contribution >= 4 is 5.95 Å². The molecule has 3 aromatic heterocycles. The average molecular weight is 320 g/mol. The van der Waals surface area contributed by atoms with Crippen molar-refractivity contribution in [1.82, 2.24) is 24.5 Å². The zero-order chi connectivity index (χ0) is 16.2. The molecule has 122 valence electrons. The van der Waals surface area contributed by atoms with Crippen LogP contribution in [0.4, 0.5) is 5.95 Å². The maximum atomic E-state index is 4.63. The molecule has 0 radical (unpaired) electrons. The Kier molecular flexibility index (Phi) is 4.18. The monoisotopic (exact) mass is 320 g/mol. The van der Waals surface area contributed by atoms with Crippen molar-refractivity contribution < 1.29 is 0 Å². The van der Waals surface area contributed by atoms with E-state index >= 15 is 0 Å². The van der Waals surface area contributed by atoms with E-state index < -0.39 is 0 Å². The molecule has 0 aliphatic carbocycles. The summed E-state index contributed by atoms with van der Waals surface area (Å²) in [6.07, 6.45) is 13.4. The molecule has 0 aromatic carbocycles. The van der Waals surface area contributed by atoms with E-state index in [4.69, 9.17) is 0 Å². The second-order valence-corrected chi connectivity index (χ2v) is 6.08. The zero-order valence-corrected chi connectivity index (χ0v) is 13.5. The van der Waals surface area contributed by atoms with Crippen LogP contribution in [0.1, 0.15) is 30.1 Å². The van der Waals surface area contributed by atoms with E-state index in [-0.39, 0.29) is 0 Å². The van der Waals surface area contributed by atoms with Crippen LogP contribution >= 0.6 is 0 Å². The van der Waals surface area contributed by atoms with Crippen molar-refractivity contribution in [3.63, 3.8) is 0 Å². The SMILES string of the molecule is c1cnc(N2CCC(c3nccn3Cc3ccncc3)CC2)nc1. The van der Waals surface area contributed by atoms with Gasteiger partial charge in [-0.25, -0.2) is 15.0 Å². The molecule has 0 amide bonds. The van der Waals surface area contributed by atoms with Gasteiger partial charge in [0, 0.05) is 62.7 Å². The Morgan fingerprint density at radius 3 is 2.42 bits per heavy atom. The fraction of sp³-hybridized carbons (Fsp3) is 0.333. The van der Waals surface area contributed by atoms with Gasteiger partial charge >= 0.3 is 0 Å². The Balaban J connectivity index is 1.44. The highest BCUT2D eigenvalue weighted by Crippen LogP contribution is 2.28. The molecule has 4 rings (SSSR count). The van der Waals surface area contributed by atoms with Gasteiger partial charge < -0.3 is 9.47 Å². The van der Waals surface area contributed by atoms with Gasteiger partial charge in [-0.15, -0.1) is 0 Å². The molecule has 0 bridgehead atoms. The fourth-order valence-electron chi connectivity index (χ4n) is 3.29. The molecule has 1 fully saturated rings. The summed E-state index contributed by atoms with van der Waals surface area (Å²) in [5.74, 6) is 2.50. The highest BCUT2D eigenvalue weighted by Gasteiger charge is 2.25. The lowest BCUT2D eigenvalue weighted by Gasteiger charge is -2.31. The van der Waals surface area contributed by atoms with Gasteiger partial charge in [-0.1, -0.05) is 0 Å². The Bertz CT molecular complexity index is 762. The first kappa shape index (κ1) is 14.8. The van der Waals surface area contributed by atoms with Crippen LogP contribution in [0.2, 0.25) is 0 Å². The molecule has 0 unspecified atom stereocenters. The molecule has 0 spiro atoms. The molecule has 0 saturated carbocycles. The van der Waals surface area contributed by atoms with Gasteiger partial charge in [0.05, 0.1) is 0 Å². The van der Waals surface area contributed by atoms with E-state index in [1.54, 1.807) is 12.4 Å². The summed E-state index contributed by atoms with van der Waals surface area (Å²) in [6, 6.07) is 5.96. The third-order valence-corrected chi connectivity index (χ3v) is 4.55. The quantitative estimate of drug-likeness (QED) is 0.739. The van der Waals surface area contributed by atoms with Crippen LogP contribution in [0.5, 0.6) is 0 Å². The molecule has 24 heavy (non-hydrogen) atoms. The summed E-state index contributed by atoms with van der Waals surface area (Å²) in [4.78, 5) is 19.7. The minimum absolute atomic E-state index is 0.488. The summed E-state index contributed by atoms with van der Waals surface area (Å²) in [6.45, 7) is 2.79. The zero-order valence-electron chi connectivity index (χ0n) is 13.5. The highest BCUT2D eigenvalue weighted by molar-refractivity contribution is 5.29. The first-order valence-corrected chi connectivity index (χ1v) is 8.32. The molecule has 6 heteroatoms. The minimum atomic E-state index is 0.488. The topological polar surface area (TPSA) is 59.7 Å². The predicted molar refractivity (Wildman–Crippen MR) is 91.8 cm³/mol. The smallest absolute Gasteiger partial charge is 0.225 e. The summed E-state index contributed by atoms with van der Waals surface area (Å²) >= 11 is 0. The molecule has 1 aliphatic heterocycles. The Labute approximate surface area is 141 Å². The molecular formula is C18H20N6. The minimum Gasteiger partial charge on any atom is -0.341 e. The van der Waals surface area contributed by atoms with Crippen LogP contribution in [-0.4, -0.2) is 37.6 Å². The van der Waals surface area contributed by atoms with Crippen molar-refractivity contribution in [2.24, 2.45) is 0 Å². The maximum absolute atomic E-state index is 4.63. The molecule has 0 N–H and O–H groups in total. The third kappa shape index (κ3) is 3.13. The highest BCUT2D eigenvalue weighted by atomic mass is 15.2. The van der Waals surface area contributed by atoms with Crippen LogP contribution in [0, 0.1) is 0 Å². The van der Waals surface area contributed by atoms with Gasteiger partial charge in [-0.2, -0.15) is 0 Å². The number of anilines is 1. The van der Waals surface area contributed by atoms with E-state index in [0.29, 0.717) is 5.92 Å². The van der Waals surface area contributed by atoms with E-state index in [1.165, 1.54) is 11.4 Å². The van der Waals surface area contributed by atoms with Gasteiger partial charge in [-0.3, -0.25) is 4.98 Å². The van der Waals surface area contributed by atoms with Gasteiger partial charge in [0.1, 0.15) is 5.82 Å². The van der Waals surface area contributed by atoms with Crippen LogP contribution in [0.25, 0.3) is 0 Å². The number of pyridine rings is 1. The van der Waals surface area contributed by atoms with Crippen molar-refractivity contribution in [2.75, 3.05) is 18.0 Å². The third-order valence-electron chi connectivity index (χ3n) is 4.55. The largest absolute Gasteiger partial charge is 0.341 e. The molecule has 1 saturated heterocycles. The van der Waals surface area contributed by atoms with Crippen molar-refractivity contribution in [3.05, 3.63) is 66.8 Å². The number of piperidine rings is 1. The van der Waals surface area contributed by atoms with Crippen LogP contribution in [-0.2, 0) is 6.54 Å². The lowest BCUT2D eigenvalue weighted by atomic mass is 9.96. The lowest BCUT2D eigenvalue weighted by molar-refractivity contribution is 0.466. The van der Waals surface area contributed by atoms with Crippen LogP contribution in [0.15, 0.2) is 55.4 Å². The van der Waals surface area contributed by atoms with Gasteiger partial charge in [0.25, 0.3) is 0 Å². The summed E-state index contributed by atoms with van der Waals surface area (Å²) in [5, 5.41) is 0. The number of aromatic nitrogens is 5. The summed E-state index contributed by atoms with van der Waals surface area (Å²) in [5.41, 5.74) is 1.25. The number of nitrogens with zero attached hydrogens (tertiary/aromatic N) is 6. The summed E-state index contributed by atoms with van der Waals surface area (Å²) in [7, 11) is 0. The standard InChI is InChI=1S/C18H20N6/c1-6-21-18(22-7-1)23-11-4-16(5-12-23)17-20-10-13-24(17)14-15-2-8-19-9-3-15/h1-3,6-10,13,16H,4-5,11-12,14H2. The van der Waals surface area contributed by atoms with Crippen molar-refractivity contribution in [1.29, 1.82) is 0 Å². The number of hydrogen-bond donors (Lipinski definition) is 0. The molecule has 4 heterocycles. The van der Waals surface area contributed by atoms with Gasteiger partial charge in [0.15, 0.2) is 0 Å². The van der Waals surface area contributed by atoms with E-state index in [2.05, 4.69) is 47.7 Å². The van der Waals surface area contributed by atoms with Crippen LogP contribution < -0.4 is 4.90 Å². The molecule has 3 aromatic rings. The molecule has 1 aliphatic rings. The number of hydrogen-bond acceptors (Lipinski definition) is 5. The first-order chi connectivity index (χ1) is 11.9. The predicted octanol–water partition coefficient (Wildman–Crippen LogP) is 2.50. The van der Waals surface area contributed by atoms with Crippen molar-refractivity contribution in [3.8, 4) is 0 Å². The van der Waals surface area contributed by atoms with Crippen molar-refractivity contribution in [2.45, 2.75) is 25.3 Å². The van der Waals surface area contributed by atoms with Gasteiger partial charge in [0.2, 0.25) is 5.95 Å². The Morgan fingerprint density at radius 1 is 0.917 bits per heavy atom. The van der Waals surface area contributed by atoms with Gasteiger partial charge in [-0.05, 0) is 36.6 Å². The Hall–Kier alpha value is -2.76. The maximum Gasteiger partial charge on any atom is 0.225 e. The van der Waals surface area contributed by atoms with E-state index in [1.807, 2.05) is 24.7 Å². The second kappa shape index (κ2) is 6.78. The first-order valence-electron chi connectivity index (χ1n) is 8.32. The van der Waals surface area contributed by atoms with E-state index in [9.17, 15) is 0 Å². The average Bonchev–Trinajstić information content (AvgIpc) is 3.11. The Morgan fingerprint density at radius 2 is 1.67 bits per heavy atom. The fourth-order valence-corrected chi connectivity index (χ4v) is 3.29. The molecule has 0 atom stereocenters.